The Morgan fingerprint density at radius 2 is 1.62 bits per heavy atom. The first-order valence-electron chi connectivity index (χ1n) is 8.34. The van der Waals surface area contributed by atoms with E-state index in [1.165, 1.54) is 5.56 Å². The minimum absolute atomic E-state index is 0.548. The summed E-state index contributed by atoms with van der Waals surface area (Å²) < 4.78 is 1.71. The second-order valence-corrected chi connectivity index (χ2v) is 6.81. The van der Waals surface area contributed by atoms with Gasteiger partial charge in [-0.05, 0) is 38.5 Å². The van der Waals surface area contributed by atoms with E-state index in [1.54, 1.807) is 4.52 Å². The Kier molecular flexibility index (Phi) is 4.09. The molecule has 0 atom stereocenters. The van der Waals surface area contributed by atoms with Crippen molar-refractivity contribution < 1.29 is 0 Å². The Labute approximate surface area is 156 Å². The fraction of sp³-hybridized carbons (Fsp3) is 0.150. The molecular formula is C20H18ClN5. The standard InChI is InChI=1S/C20H18ClN5/c1-12-4-7-15(8-5-12)19-24-20-22-14(3)11-18(26(20)25-19)23-17-9-6-13(2)10-16(17)21/h4-11,23H,1-3H3. The number of nitrogens with one attached hydrogen (secondary N) is 1. The Balaban J connectivity index is 1.80. The van der Waals surface area contributed by atoms with Gasteiger partial charge in [0.05, 0.1) is 10.7 Å². The molecule has 0 aliphatic carbocycles. The first kappa shape index (κ1) is 16.5. The Bertz CT molecular complexity index is 1100. The average molecular weight is 364 g/mol. The van der Waals surface area contributed by atoms with E-state index in [4.69, 9.17) is 11.6 Å². The molecule has 2 heterocycles. The van der Waals surface area contributed by atoms with Gasteiger partial charge in [-0.1, -0.05) is 47.5 Å². The molecule has 0 radical (unpaired) electrons. The molecule has 4 rings (SSSR count). The number of hydrogen-bond donors (Lipinski definition) is 1. The summed E-state index contributed by atoms with van der Waals surface area (Å²) in [5.41, 5.74) is 4.93. The minimum Gasteiger partial charge on any atom is -0.339 e. The smallest absolute Gasteiger partial charge is 0.254 e. The zero-order chi connectivity index (χ0) is 18.3. The Morgan fingerprint density at radius 3 is 2.35 bits per heavy atom. The summed E-state index contributed by atoms with van der Waals surface area (Å²) in [7, 11) is 0. The van der Waals surface area contributed by atoms with Crippen LogP contribution in [0.5, 0.6) is 0 Å². The first-order valence-corrected chi connectivity index (χ1v) is 8.72. The van der Waals surface area contributed by atoms with Gasteiger partial charge in [0, 0.05) is 17.3 Å². The second kappa shape index (κ2) is 6.42. The number of hydrogen-bond acceptors (Lipinski definition) is 4. The molecule has 0 aliphatic heterocycles. The molecular weight excluding hydrogens is 346 g/mol. The van der Waals surface area contributed by atoms with Gasteiger partial charge in [-0.25, -0.2) is 4.98 Å². The van der Waals surface area contributed by atoms with Crippen molar-refractivity contribution in [1.82, 2.24) is 19.6 Å². The maximum absolute atomic E-state index is 6.36. The highest BCUT2D eigenvalue weighted by molar-refractivity contribution is 6.33. The van der Waals surface area contributed by atoms with Crippen molar-refractivity contribution in [1.29, 1.82) is 0 Å². The number of halogens is 1. The van der Waals surface area contributed by atoms with E-state index in [0.717, 1.165) is 28.3 Å². The lowest BCUT2D eigenvalue weighted by molar-refractivity contribution is 0.940. The molecule has 2 aromatic heterocycles. The van der Waals surface area contributed by atoms with Crippen LogP contribution in [-0.4, -0.2) is 19.6 Å². The highest BCUT2D eigenvalue weighted by atomic mass is 35.5. The summed E-state index contributed by atoms with van der Waals surface area (Å²) in [6.07, 6.45) is 0. The fourth-order valence-corrected chi connectivity index (χ4v) is 3.04. The van der Waals surface area contributed by atoms with E-state index < -0.39 is 0 Å². The van der Waals surface area contributed by atoms with Gasteiger partial charge in [-0.3, -0.25) is 0 Å². The lowest BCUT2D eigenvalue weighted by Crippen LogP contribution is -2.03. The summed E-state index contributed by atoms with van der Waals surface area (Å²) in [6, 6.07) is 15.9. The Hall–Kier alpha value is -2.92. The predicted molar refractivity (Wildman–Crippen MR) is 105 cm³/mol. The summed E-state index contributed by atoms with van der Waals surface area (Å²) in [4.78, 5) is 9.07. The van der Waals surface area contributed by atoms with Crippen LogP contribution in [0.4, 0.5) is 11.5 Å². The minimum atomic E-state index is 0.548. The first-order chi connectivity index (χ1) is 12.5. The van der Waals surface area contributed by atoms with Crippen molar-refractivity contribution in [3.8, 4) is 11.4 Å². The molecule has 6 heteroatoms. The third-order valence-corrected chi connectivity index (χ3v) is 4.45. The number of aryl methyl sites for hydroxylation is 3. The zero-order valence-corrected chi connectivity index (χ0v) is 15.5. The van der Waals surface area contributed by atoms with Crippen molar-refractivity contribution >= 4 is 28.9 Å². The molecule has 0 unspecified atom stereocenters. The van der Waals surface area contributed by atoms with Gasteiger partial charge in [0.1, 0.15) is 5.82 Å². The molecule has 0 amide bonds. The monoisotopic (exact) mass is 363 g/mol. The van der Waals surface area contributed by atoms with Gasteiger partial charge in [-0.2, -0.15) is 9.50 Å². The van der Waals surface area contributed by atoms with Crippen molar-refractivity contribution in [3.05, 3.63) is 70.4 Å². The molecule has 0 spiro atoms. The highest BCUT2D eigenvalue weighted by Gasteiger charge is 2.12. The number of aromatic nitrogens is 4. The van der Waals surface area contributed by atoms with Crippen molar-refractivity contribution in [2.45, 2.75) is 20.8 Å². The molecule has 4 aromatic rings. The molecule has 5 nitrogen and oxygen atoms in total. The van der Waals surface area contributed by atoms with Crippen molar-refractivity contribution in [2.24, 2.45) is 0 Å². The van der Waals surface area contributed by atoms with Crippen LogP contribution in [0.2, 0.25) is 5.02 Å². The molecule has 26 heavy (non-hydrogen) atoms. The van der Waals surface area contributed by atoms with Gasteiger partial charge >= 0.3 is 0 Å². The third-order valence-electron chi connectivity index (χ3n) is 4.14. The van der Waals surface area contributed by atoms with Crippen LogP contribution in [0.15, 0.2) is 48.5 Å². The van der Waals surface area contributed by atoms with Gasteiger partial charge in [0.15, 0.2) is 5.82 Å². The lowest BCUT2D eigenvalue weighted by atomic mass is 10.1. The van der Waals surface area contributed by atoms with Crippen LogP contribution in [0.1, 0.15) is 16.8 Å². The zero-order valence-electron chi connectivity index (χ0n) is 14.8. The van der Waals surface area contributed by atoms with Gasteiger partial charge < -0.3 is 5.32 Å². The maximum Gasteiger partial charge on any atom is 0.254 e. The van der Waals surface area contributed by atoms with Crippen LogP contribution >= 0.6 is 11.6 Å². The van der Waals surface area contributed by atoms with E-state index in [-0.39, 0.29) is 0 Å². The SMILES string of the molecule is Cc1ccc(-c2nc3nc(C)cc(Nc4ccc(C)cc4Cl)n3n2)cc1. The van der Waals surface area contributed by atoms with Gasteiger partial charge in [-0.15, -0.1) is 5.10 Å². The summed E-state index contributed by atoms with van der Waals surface area (Å²) in [5.74, 6) is 1.96. The largest absolute Gasteiger partial charge is 0.339 e. The van der Waals surface area contributed by atoms with Gasteiger partial charge in [0.2, 0.25) is 0 Å². The van der Waals surface area contributed by atoms with Crippen LogP contribution in [0, 0.1) is 20.8 Å². The molecule has 0 saturated carbocycles. The van der Waals surface area contributed by atoms with Gasteiger partial charge in [0.25, 0.3) is 5.78 Å². The normalized spacial score (nSPS) is 11.1. The van der Waals surface area contributed by atoms with Crippen LogP contribution < -0.4 is 5.32 Å². The number of fused-ring (bicyclic) bond motifs is 1. The van der Waals surface area contributed by atoms with E-state index in [0.29, 0.717) is 16.6 Å². The van der Waals surface area contributed by atoms with Crippen LogP contribution in [0.25, 0.3) is 17.2 Å². The predicted octanol–water partition coefficient (Wildman–Crippen LogP) is 5.11. The van der Waals surface area contributed by atoms with E-state index in [1.807, 2.05) is 62.4 Å². The lowest BCUT2D eigenvalue weighted by Gasteiger charge is -2.10. The summed E-state index contributed by atoms with van der Waals surface area (Å²) >= 11 is 6.36. The molecule has 0 fully saturated rings. The average Bonchev–Trinajstić information content (AvgIpc) is 3.02. The summed E-state index contributed by atoms with van der Waals surface area (Å²) in [6.45, 7) is 6.00. The number of anilines is 2. The molecule has 0 bridgehead atoms. The maximum atomic E-state index is 6.36. The highest BCUT2D eigenvalue weighted by Crippen LogP contribution is 2.27. The van der Waals surface area contributed by atoms with Crippen molar-refractivity contribution in [3.63, 3.8) is 0 Å². The topological polar surface area (TPSA) is 55.1 Å². The summed E-state index contributed by atoms with van der Waals surface area (Å²) in [5, 5.41) is 8.64. The number of benzene rings is 2. The van der Waals surface area contributed by atoms with Crippen LogP contribution in [-0.2, 0) is 0 Å². The second-order valence-electron chi connectivity index (χ2n) is 6.40. The Morgan fingerprint density at radius 1 is 0.885 bits per heavy atom. The van der Waals surface area contributed by atoms with Crippen LogP contribution in [0.3, 0.4) is 0 Å². The fourth-order valence-electron chi connectivity index (χ4n) is 2.76. The molecule has 0 aliphatic rings. The number of nitrogens with zero attached hydrogens (tertiary/aromatic N) is 4. The number of rotatable bonds is 3. The molecule has 2 aromatic carbocycles. The van der Waals surface area contributed by atoms with E-state index in [9.17, 15) is 0 Å². The third kappa shape index (κ3) is 3.13. The molecule has 130 valence electrons. The molecule has 0 saturated heterocycles. The molecule has 1 N–H and O–H groups in total. The van der Waals surface area contributed by atoms with E-state index >= 15 is 0 Å². The quantitative estimate of drug-likeness (QED) is 0.549. The van der Waals surface area contributed by atoms with Crippen molar-refractivity contribution in [2.75, 3.05) is 5.32 Å². The van der Waals surface area contributed by atoms with E-state index in [2.05, 4.69) is 27.3 Å².